The normalized spacial score (nSPS) is 17.8. The van der Waals surface area contributed by atoms with E-state index in [1.807, 2.05) is 0 Å². The predicted molar refractivity (Wildman–Crippen MR) is 105 cm³/mol. The molecule has 0 saturated carbocycles. The van der Waals surface area contributed by atoms with Crippen molar-refractivity contribution in [2.45, 2.75) is 120 Å². The maximum atomic E-state index is 15.2. The number of halogens is 17. The molecule has 0 aromatic rings. The zero-order chi connectivity index (χ0) is 32.7. The van der Waals surface area contributed by atoms with Crippen LogP contribution in [0.25, 0.3) is 0 Å². The third-order valence-electron chi connectivity index (χ3n) is 4.72. The standard InChI is InChI=1S/C19H25F17O3Si/c1-7(2)37-40(38-8(3)4,39-9(5)6)13(24)15(27,28)17(31,32)19(35,36)18(33,34)16(29,30)14(25,26)11(21)10(20)12(22)23/h7-13H,1-6H3. The van der Waals surface area contributed by atoms with Crippen molar-refractivity contribution in [3.05, 3.63) is 0 Å². The summed E-state index contributed by atoms with van der Waals surface area (Å²) < 4.78 is 250. The van der Waals surface area contributed by atoms with Crippen LogP contribution < -0.4 is 0 Å². The van der Waals surface area contributed by atoms with Gasteiger partial charge in [-0.15, -0.1) is 0 Å². The third kappa shape index (κ3) is 6.60. The van der Waals surface area contributed by atoms with Gasteiger partial charge in [-0.05, 0) is 41.5 Å². The Kier molecular flexibility index (Phi) is 11.9. The molecule has 242 valence electrons. The summed E-state index contributed by atoms with van der Waals surface area (Å²) in [4.78, 5) is 0. The summed E-state index contributed by atoms with van der Waals surface area (Å²) in [6.45, 7) is 5.63. The van der Waals surface area contributed by atoms with Crippen LogP contribution in [-0.4, -0.2) is 87.2 Å². The van der Waals surface area contributed by atoms with E-state index in [2.05, 4.69) is 0 Å². The van der Waals surface area contributed by atoms with Gasteiger partial charge in [0.05, 0.1) is 0 Å². The van der Waals surface area contributed by atoms with Crippen molar-refractivity contribution in [1.29, 1.82) is 0 Å². The molecule has 40 heavy (non-hydrogen) atoms. The summed E-state index contributed by atoms with van der Waals surface area (Å²) in [6.07, 6.45) is -20.2. The van der Waals surface area contributed by atoms with Crippen LogP contribution in [0.2, 0.25) is 0 Å². The number of rotatable bonds is 16. The number of hydrogen-bond donors (Lipinski definition) is 0. The van der Waals surface area contributed by atoms with Crippen LogP contribution >= 0.6 is 0 Å². The monoisotopic (exact) mass is 652 g/mol. The minimum atomic E-state index is -8.47. The Bertz CT molecular complexity index is 795. The highest BCUT2D eigenvalue weighted by atomic mass is 28.4. The lowest BCUT2D eigenvalue weighted by molar-refractivity contribution is -0.433. The molecule has 0 N–H and O–H groups in total. The number of hydrogen-bond acceptors (Lipinski definition) is 3. The first-order chi connectivity index (χ1) is 17.4. The molecule has 0 amide bonds. The van der Waals surface area contributed by atoms with Crippen LogP contribution in [0, 0.1) is 0 Å². The molecule has 0 heterocycles. The SMILES string of the molecule is CC(C)O[Si](OC(C)C)(OC(C)C)C(F)C(F)(F)C(F)(F)C(F)(F)C(F)(F)C(F)(F)C(F)(F)C(F)C(F)C(F)F. The van der Waals surface area contributed by atoms with Crippen molar-refractivity contribution in [2.24, 2.45) is 0 Å². The van der Waals surface area contributed by atoms with Crippen molar-refractivity contribution in [3.63, 3.8) is 0 Å². The summed E-state index contributed by atoms with van der Waals surface area (Å²) in [5.41, 5.74) is 0. The summed E-state index contributed by atoms with van der Waals surface area (Å²) in [6, 6.07) is 0. The van der Waals surface area contributed by atoms with Crippen molar-refractivity contribution in [3.8, 4) is 0 Å². The maximum absolute atomic E-state index is 15.2. The molecule has 0 saturated heterocycles. The Morgan fingerprint density at radius 1 is 0.450 bits per heavy atom. The van der Waals surface area contributed by atoms with Crippen LogP contribution in [-0.2, 0) is 13.3 Å². The molecule has 3 unspecified atom stereocenters. The first kappa shape index (κ1) is 38.9. The van der Waals surface area contributed by atoms with E-state index < -0.39 is 87.2 Å². The molecule has 0 spiro atoms. The van der Waals surface area contributed by atoms with Gasteiger partial charge in [-0.25, -0.2) is 22.0 Å². The first-order valence-electron chi connectivity index (χ1n) is 10.9. The highest BCUT2D eigenvalue weighted by Gasteiger charge is 2.93. The summed E-state index contributed by atoms with van der Waals surface area (Å²) in [5.74, 6) is -53.0. The van der Waals surface area contributed by atoms with Gasteiger partial charge in [-0.2, -0.15) is 52.7 Å². The highest BCUT2D eigenvalue weighted by Crippen LogP contribution is 2.62. The zero-order valence-electron chi connectivity index (χ0n) is 21.2. The molecule has 0 radical (unpaired) electrons. The lowest BCUT2D eigenvalue weighted by Gasteiger charge is -2.44. The largest absolute Gasteiger partial charge is 0.544 e. The average molecular weight is 652 g/mol. The first-order valence-corrected chi connectivity index (χ1v) is 12.7. The highest BCUT2D eigenvalue weighted by molar-refractivity contribution is 6.62. The van der Waals surface area contributed by atoms with Crippen LogP contribution in [0.3, 0.4) is 0 Å². The average Bonchev–Trinajstić information content (AvgIpc) is 2.74. The van der Waals surface area contributed by atoms with E-state index in [1.165, 1.54) is 0 Å². The Morgan fingerprint density at radius 3 is 0.975 bits per heavy atom. The van der Waals surface area contributed by atoms with Gasteiger partial charge in [0.15, 0.2) is 6.17 Å². The maximum Gasteiger partial charge on any atom is 0.544 e. The molecule has 3 nitrogen and oxygen atoms in total. The molecule has 0 aliphatic rings. The molecular formula is C19H25F17O3Si. The van der Waals surface area contributed by atoms with Crippen LogP contribution in [0.1, 0.15) is 41.5 Å². The van der Waals surface area contributed by atoms with E-state index in [9.17, 15) is 70.2 Å². The fraction of sp³-hybridized carbons (Fsp3) is 1.00. The lowest BCUT2D eigenvalue weighted by atomic mass is 9.89. The molecule has 0 rings (SSSR count). The second-order valence-electron chi connectivity index (χ2n) is 9.19. The quantitative estimate of drug-likeness (QED) is 0.126. The van der Waals surface area contributed by atoms with Gasteiger partial charge in [-0.1, -0.05) is 0 Å². The van der Waals surface area contributed by atoms with E-state index >= 15 is 4.39 Å². The van der Waals surface area contributed by atoms with Gasteiger partial charge in [0, 0.05) is 18.3 Å². The van der Waals surface area contributed by atoms with Gasteiger partial charge in [0.25, 0.3) is 6.43 Å². The minimum absolute atomic E-state index is 0.939. The number of alkyl halides is 17. The lowest BCUT2D eigenvalue weighted by Crippen LogP contribution is -2.76. The summed E-state index contributed by atoms with van der Waals surface area (Å²) in [5, 5.41) is 0. The molecule has 0 aromatic heterocycles. The topological polar surface area (TPSA) is 27.7 Å². The van der Waals surface area contributed by atoms with E-state index in [0.717, 1.165) is 41.5 Å². The molecule has 0 fully saturated rings. The van der Waals surface area contributed by atoms with Gasteiger partial charge in [0.2, 0.25) is 12.0 Å². The molecule has 21 heteroatoms. The van der Waals surface area contributed by atoms with Crippen molar-refractivity contribution in [1.82, 2.24) is 0 Å². The zero-order valence-corrected chi connectivity index (χ0v) is 22.2. The van der Waals surface area contributed by atoms with Gasteiger partial charge >= 0.3 is 44.3 Å². The molecule has 0 bridgehead atoms. The Morgan fingerprint density at radius 2 is 0.725 bits per heavy atom. The van der Waals surface area contributed by atoms with E-state index in [-0.39, 0.29) is 0 Å². The van der Waals surface area contributed by atoms with E-state index in [1.54, 1.807) is 0 Å². The molecular weight excluding hydrogens is 627 g/mol. The van der Waals surface area contributed by atoms with Gasteiger partial charge < -0.3 is 13.3 Å². The Balaban J connectivity index is 7.09. The van der Waals surface area contributed by atoms with Gasteiger partial charge in [-0.3, -0.25) is 0 Å². The summed E-state index contributed by atoms with van der Waals surface area (Å²) >= 11 is 0. The molecule has 0 aliphatic carbocycles. The fourth-order valence-electron chi connectivity index (χ4n) is 2.94. The van der Waals surface area contributed by atoms with E-state index in [0.29, 0.717) is 0 Å². The van der Waals surface area contributed by atoms with Crippen LogP contribution in [0.15, 0.2) is 0 Å². The predicted octanol–water partition coefficient (Wildman–Crippen LogP) is 7.83. The third-order valence-corrected chi connectivity index (χ3v) is 8.10. The summed E-state index contributed by atoms with van der Waals surface area (Å²) in [7, 11) is -6.10. The minimum Gasteiger partial charge on any atom is -0.369 e. The van der Waals surface area contributed by atoms with Crippen molar-refractivity contribution < 1.29 is 87.9 Å². The Hall–Kier alpha value is -1.09. The smallest absolute Gasteiger partial charge is 0.369 e. The van der Waals surface area contributed by atoms with Crippen molar-refractivity contribution >= 4 is 8.80 Å². The molecule has 0 aromatic carbocycles. The second kappa shape index (κ2) is 12.3. The van der Waals surface area contributed by atoms with E-state index in [4.69, 9.17) is 13.3 Å². The second-order valence-corrected chi connectivity index (χ2v) is 11.6. The van der Waals surface area contributed by atoms with Crippen LogP contribution in [0.4, 0.5) is 74.6 Å². The van der Waals surface area contributed by atoms with Crippen LogP contribution in [0.5, 0.6) is 0 Å². The fourth-order valence-corrected chi connectivity index (χ4v) is 6.06. The molecule has 0 aliphatic heterocycles. The van der Waals surface area contributed by atoms with Crippen molar-refractivity contribution in [2.75, 3.05) is 0 Å². The molecule has 3 atom stereocenters. The van der Waals surface area contributed by atoms with Gasteiger partial charge in [0.1, 0.15) is 0 Å². The Labute approximate surface area is 217 Å².